The first-order valence-electron chi connectivity index (χ1n) is 7.99. The number of benzene rings is 1. The van der Waals surface area contributed by atoms with Crippen molar-refractivity contribution < 1.29 is 9.21 Å². The van der Waals surface area contributed by atoms with Crippen LogP contribution in [0.15, 0.2) is 51.5 Å². The fourth-order valence-corrected chi connectivity index (χ4v) is 2.55. The molecule has 0 saturated heterocycles. The van der Waals surface area contributed by atoms with E-state index in [0.717, 1.165) is 15.6 Å². The van der Waals surface area contributed by atoms with Crippen molar-refractivity contribution in [1.29, 1.82) is 0 Å². The molecule has 3 rings (SSSR count). The summed E-state index contributed by atoms with van der Waals surface area (Å²) in [5.41, 5.74) is 1.89. The molecule has 1 N–H and O–H groups in total. The van der Waals surface area contributed by atoms with E-state index in [2.05, 4.69) is 36.4 Å². The quantitative estimate of drug-likeness (QED) is 0.664. The van der Waals surface area contributed by atoms with Crippen LogP contribution >= 0.6 is 15.9 Å². The maximum Gasteiger partial charge on any atom is 0.247 e. The lowest BCUT2D eigenvalue weighted by atomic mass is 10.2. The zero-order valence-corrected chi connectivity index (χ0v) is 16.0. The van der Waals surface area contributed by atoms with Gasteiger partial charge in [0.1, 0.15) is 5.82 Å². The van der Waals surface area contributed by atoms with Gasteiger partial charge in [0, 0.05) is 16.2 Å². The minimum Gasteiger partial charge on any atom is -0.419 e. The van der Waals surface area contributed by atoms with Gasteiger partial charge in [-0.05, 0) is 49.9 Å². The predicted octanol–water partition coefficient (Wildman–Crippen LogP) is 3.27. The molecular formula is C18H18BrN5O2. The molecule has 26 heavy (non-hydrogen) atoms. The standard InChI is InChI=1S/C18H18BrN5O2/c1-12-3-8-15(20-9-12)21-16(25)10-24(2)11-17-22-23-18(26-17)13-4-6-14(19)7-5-13/h3-9H,10-11H2,1-2H3,(H,20,21,25). The molecule has 0 fully saturated rings. The topological polar surface area (TPSA) is 84.2 Å². The molecule has 1 aromatic carbocycles. The molecule has 3 aromatic rings. The van der Waals surface area contributed by atoms with E-state index in [-0.39, 0.29) is 12.5 Å². The number of rotatable bonds is 6. The number of nitrogens with one attached hydrogen (secondary N) is 1. The number of amides is 1. The Balaban J connectivity index is 1.54. The second-order valence-corrected chi connectivity index (χ2v) is 6.86. The number of anilines is 1. The van der Waals surface area contributed by atoms with E-state index in [0.29, 0.717) is 24.1 Å². The number of likely N-dealkylation sites (N-methyl/N-ethyl adjacent to an activating group) is 1. The Bertz CT molecular complexity index is 877. The smallest absolute Gasteiger partial charge is 0.247 e. The van der Waals surface area contributed by atoms with Crippen LogP contribution in [0.3, 0.4) is 0 Å². The Morgan fingerprint density at radius 1 is 1.19 bits per heavy atom. The van der Waals surface area contributed by atoms with Crippen LogP contribution in [0.25, 0.3) is 11.5 Å². The summed E-state index contributed by atoms with van der Waals surface area (Å²) in [5, 5.41) is 10.9. The second-order valence-electron chi connectivity index (χ2n) is 5.95. The van der Waals surface area contributed by atoms with E-state index in [1.165, 1.54) is 0 Å². The van der Waals surface area contributed by atoms with Gasteiger partial charge in [-0.25, -0.2) is 4.98 Å². The molecule has 2 heterocycles. The lowest BCUT2D eigenvalue weighted by molar-refractivity contribution is -0.117. The van der Waals surface area contributed by atoms with Crippen LogP contribution in [-0.4, -0.2) is 39.6 Å². The number of carbonyl (C=O) groups is 1. The Labute approximate surface area is 159 Å². The SMILES string of the molecule is Cc1ccc(NC(=O)CN(C)Cc2nnc(-c3ccc(Br)cc3)o2)nc1. The highest BCUT2D eigenvalue weighted by atomic mass is 79.9. The van der Waals surface area contributed by atoms with Crippen molar-refractivity contribution in [3.05, 3.63) is 58.5 Å². The van der Waals surface area contributed by atoms with Crippen LogP contribution in [0.4, 0.5) is 5.82 Å². The third-order valence-corrected chi connectivity index (χ3v) is 4.08. The second kappa shape index (κ2) is 8.20. The van der Waals surface area contributed by atoms with E-state index >= 15 is 0 Å². The summed E-state index contributed by atoms with van der Waals surface area (Å²) in [7, 11) is 1.81. The third-order valence-electron chi connectivity index (χ3n) is 3.56. The Kier molecular flexibility index (Phi) is 5.75. The first kappa shape index (κ1) is 18.2. The van der Waals surface area contributed by atoms with E-state index < -0.39 is 0 Å². The maximum absolute atomic E-state index is 12.1. The summed E-state index contributed by atoms with van der Waals surface area (Å²) in [5.74, 6) is 1.28. The molecule has 0 unspecified atom stereocenters. The molecular weight excluding hydrogens is 398 g/mol. The van der Waals surface area contributed by atoms with Gasteiger partial charge in [0.25, 0.3) is 0 Å². The van der Waals surface area contributed by atoms with Gasteiger partial charge in [0.2, 0.25) is 17.7 Å². The minimum absolute atomic E-state index is 0.156. The monoisotopic (exact) mass is 415 g/mol. The van der Waals surface area contributed by atoms with Gasteiger partial charge >= 0.3 is 0 Å². The van der Waals surface area contributed by atoms with Crippen LogP contribution in [0.5, 0.6) is 0 Å². The number of pyridine rings is 1. The number of carbonyl (C=O) groups excluding carboxylic acids is 1. The first-order chi connectivity index (χ1) is 12.5. The molecule has 134 valence electrons. The summed E-state index contributed by atoms with van der Waals surface area (Å²) in [6, 6.07) is 11.3. The predicted molar refractivity (Wildman–Crippen MR) is 101 cm³/mol. The number of nitrogens with zero attached hydrogens (tertiary/aromatic N) is 4. The number of halogens is 1. The molecule has 0 aliphatic carbocycles. The van der Waals surface area contributed by atoms with Gasteiger partial charge in [-0.2, -0.15) is 0 Å². The summed E-state index contributed by atoms with van der Waals surface area (Å²) in [4.78, 5) is 18.0. The van der Waals surface area contributed by atoms with Crippen molar-refractivity contribution >= 4 is 27.7 Å². The highest BCUT2D eigenvalue weighted by molar-refractivity contribution is 9.10. The van der Waals surface area contributed by atoms with E-state index in [1.807, 2.05) is 44.3 Å². The normalized spacial score (nSPS) is 10.9. The molecule has 0 atom stereocenters. The molecule has 0 saturated carbocycles. The van der Waals surface area contributed by atoms with Gasteiger partial charge in [0.15, 0.2) is 0 Å². The van der Waals surface area contributed by atoms with Gasteiger partial charge < -0.3 is 9.73 Å². The fourth-order valence-electron chi connectivity index (χ4n) is 2.28. The molecule has 2 aromatic heterocycles. The molecule has 0 aliphatic rings. The first-order valence-corrected chi connectivity index (χ1v) is 8.78. The summed E-state index contributed by atoms with van der Waals surface area (Å²) < 4.78 is 6.65. The van der Waals surface area contributed by atoms with Crippen molar-refractivity contribution in [2.24, 2.45) is 0 Å². The van der Waals surface area contributed by atoms with Gasteiger partial charge in [-0.3, -0.25) is 9.69 Å². The fraction of sp³-hybridized carbons (Fsp3) is 0.222. The van der Waals surface area contributed by atoms with Gasteiger partial charge in [-0.15, -0.1) is 10.2 Å². The average Bonchev–Trinajstić information content (AvgIpc) is 3.05. The largest absolute Gasteiger partial charge is 0.419 e. The summed E-state index contributed by atoms with van der Waals surface area (Å²) >= 11 is 3.39. The zero-order chi connectivity index (χ0) is 18.5. The van der Waals surface area contributed by atoms with Crippen molar-refractivity contribution in [2.45, 2.75) is 13.5 Å². The molecule has 1 amide bonds. The van der Waals surface area contributed by atoms with E-state index in [4.69, 9.17) is 4.42 Å². The molecule has 0 bridgehead atoms. The van der Waals surface area contributed by atoms with Crippen molar-refractivity contribution in [3.8, 4) is 11.5 Å². The molecule has 7 nitrogen and oxygen atoms in total. The van der Waals surface area contributed by atoms with Crippen LogP contribution in [0, 0.1) is 6.92 Å². The maximum atomic E-state index is 12.1. The van der Waals surface area contributed by atoms with Gasteiger partial charge in [-0.1, -0.05) is 22.0 Å². The van der Waals surface area contributed by atoms with Crippen LogP contribution in [0.2, 0.25) is 0 Å². The average molecular weight is 416 g/mol. The Morgan fingerprint density at radius 3 is 2.65 bits per heavy atom. The Morgan fingerprint density at radius 2 is 1.96 bits per heavy atom. The van der Waals surface area contributed by atoms with Gasteiger partial charge in [0.05, 0.1) is 13.1 Å². The molecule has 0 aliphatic heterocycles. The molecule has 8 heteroatoms. The van der Waals surface area contributed by atoms with Crippen molar-refractivity contribution in [3.63, 3.8) is 0 Å². The van der Waals surface area contributed by atoms with Crippen LogP contribution in [0.1, 0.15) is 11.5 Å². The summed E-state index contributed by atoms with van der Waals surface area (Å²) in [6.45, 7) is 2.50. The number of hydrogen-bond donors (Lipinski definition) is 1. The molecule has 0 radical (unpaired) electrons. The lowest BCUT2D eigenvalue weighted by Gasteiger charge is -2.13. The molecule has 0 spiro atoms. The third kappa shape index (κ3) is 4.96. The summed E-state index contributed by atoms with van der Waals surface area (Å²) in [6.07, 6.45) is 1.71. The number of aromatic nitrogens is 3. The Hall–Kier alpha value is -2.58. The highest BCUT2D eigenvalue weighted by Gasteiger charge is 2.13. The van der Waals surface area contributed by atoms with E-state index in [9.17, 15) is 4.79 Å². The van der Waals surface area contributed by atoms with Crippen LogP contribution < -0.4 is 5.32 Å². The van der Waals surface area contributed by atoms with Crippen molar-refractivity contribution in [1.82, 2.24) is 20.1 Å². The zero-order valence-electron chi connectivity index (χ0n) is 14.4. The van der Waals surface area contributed by atoms with Crippen LogP contribution in [-0.2, 0) is 11.3 Å². The minimum atomic E-state index is -0.156. The number of aryl methyl sites for hydroxylation is 1. The van der Waals surface area contributed by atoms with E-state index in [1.54, 1.807) is 17.2 Å². The highest BCUT2D eigenvalue weighted by Crippen LogP contribution is 2.20. The number of hydrogen-bond acceptors (Lipinski definition) is 6. The lowest BCUT2D eigenvalue weighted by Crippen LogP contribution is -2.30. The van der Waals surface area contributed by atoms with Crippen molar-refractivity contribution in [2.75, 3.05) is 18.9 Å².